The van der Waals surface area contributed by atoms with Crippen molar-refractivity contribution in [3.8, 4) is 0 Å². The highest BCUT2D eigenvalue weighted by Crippen LogP contribution is 2.06. The van der Waals surface area contributed by atoms with E-state index in [2.05, 4.69) is 10.6 Å². The van der Waals surface area contributed by atoms with Crippen molar-refractivity contribution in [2.45, 2.75) is 19.3 Å². The summed E-state index contributed by atoms with van der Waals surface area (Å²) in [5.41, 5.74) is 3.84. The van der Waals surface area contributed by atoms with Crippen molar-refractivity contribution in [1.29, 1.82) is 0 Å². The molecule has 0 aromatic carbocycles. The molecule has 1 aliphatic rings. The Morgan fingerprint density at radius 1 is 1.11 bits per heavy atom. The summed E-state index contributed by atoms with van der Waals surface area (Å²) in [7, 11) is 0. The Morgan fingerprint density at radius 3 is 2.33 bits per heavy atom. The van der Waals surface area contributed by atoms with Crippen molar-refractivity contribution in [1.82, 2.24) is 4.90 Å². The molecule has 9 heavy (non-hydrogen) atoms. The topological polar surface area (TPSA) is 30.9 Å². The van der Waals surface area contributed by atoms with Crippen LogP contribution >= 0.6 is 0 Å². The SMILES string of the molecule is [NH3+]CCN1CCCCC1. The number of hydrogen-bond acceptors (Lipinski definition) is 1. The van der Waals surface area contributed by atoms with Gasteiger partial charge in [-0.05, 0) is 25.9 Å². The predicted octanol–water partition coefficient (Wildman–Crippen LogP) is -0.286. The highest BCUT2D eigenvalue weighted by atomic mass is 15.1. The summed E-state index contributed by atoms with van der Waals surface area (Å²) < 4.78 is 0. The van der Waals surface area contributed by atoms with Gasteiger partial charge in [-0.1, -0.05) is 6.42 Å². The Labute approximate surface area is 57.0 Å². The molecule has 2 nitrogen and oxygen atoms in total. The van der Waals surface area contributed by atoms with Gasteiger partial charge in [0.2, 0.25) is 0 Å². The van der Waals surface area contributed by atoms with E-state index in [1.54, 1.807) is 0 Å². The minimum absolute atomic E-state index is 1.07. The summed E-state index contributed by atoms with van der Waals surface area (Å²) >= 11 is 0. The molecule has 0 bridgehead atoms. The molecule has 0 aromatic rings. The van der Waals surface area contributed by atoms with Crippen LogP contribution in [0.15, 0.2) is 0 Å². The normalized spacial score (nSPS) is 22.3. The standard InChI is InChI=1S/C7H16N2/c8-4-7-9-5-2-1-3-6-9/h1-8H2/p+1. The van der Waals surface area contributed by atoms with E-state index in [-0.39, 0.29) is 0 Å². The van der Waals surface area contributed by atoms with Crippen LogP contribution in [0.2, 0.25) is 0 Å². The summed E-state index contributed by atoms with van der Waals surface area (Å²) in [6, 6.07) is 0. The quantitative estimate of drug-likeness (QED) is 0.546. The molecule has 0 radical (unpaired) electrons. The Kier molecular flexibility index (Phi) is 3.01. The Hall–Kier alpha value is -0.0800. The number of hydrogen-bond donors (Lipinski definition) is 1. The molecule has 0 unspecified atom stereocenters. The molecule has 1 fully saturated rings. The van der Waals surface area contributed by atoms with Gasteiger partial charge in [-0.15, -0.1) is 0 Å². The van der Waals surface area contributed by atoms with Gasteiger partial charge in [-0.2, -0.15) is 0 Å². The van der Waals surface area contributed by atoms with Gasteiger partial charge in [0.25, 0.3) is 0 Å². The molecule has 1 heterocycles. The summed E-state index contributed by atoms with van der Waals surface area (Å²) in [5, 5.41) is 0. The molecule has 54 valence electrons. The average molecular weight is 129 g/mol. The second-order valence-electron chi connectivity index (χ2n) is 2.76. The van der Waals surface area contributed by atoms with E-state index in [0.29, 0.717) is 0 Å². The number of piperidine rings is 1. The van der Waals surface area contributed by atoms with E-state index in [9.17, 15) is 0 Å². The van der Waals surface area contributed by atoms with Crippen molar-refractivity contribution in [3.63, 3.8) is 0 Å². The van der Waals surface area contributed by atoms with E-state index in [1.807, 2.05) is 0 Å². The molecule has 3 N–H and O–H groups in total. The molecule has 0 saturated carbocycles. The molecule has 1 saturated heterocycles. The van der Waals surface area contributed by atoms with Crippen LogP contribution in [-0.2, 0) is 0 Å². The third-order valence-electron chi connectivity index (χ3n) is 1.92. The van der Waals surface area contributed by atoms with Crippen LogP contribution in [-0.4, -0.2) is 31.1 Å². The summed E-state index contributed by atoms with van der Waals surface area (Å²) in [4.78, 5) is 2.51. The van der Waals surface area contributed by atoms with Gasteiger partial charge in [0.15, 0.2) is 0 Å². The zero-order valence-corrected chi connectivity index (χ0v) is 6.10. The monoisotopic (exact) mass is 129 g/mol. The lowest BCUT2D eigenvalue weighted by Gasteiger charge is -2.24. The van der Waals surface area contributed by atoms with Crippen molar-refractivity contribution < 1.29 is 5.73 Å². The van der Waals surface area contributed by atoms with E-state index < -0.39 is 0 Å². The van der Waals surface area contributed by atoms with E-state index in [0.717, 1.165) is 6.54 Å². The van der Waals surface area contributed by atoms with Crippen molar-refractivity contribution in [2.75, 3.05) is 26.2 Å². The molecule has 0 spiro atoms. The molecule has 1 aliphatic heterocycles. The van der Waals surface area contributed by atoms with Gasteiger partial charge < -0.3 is 5.73 Å². The van der Waals surface area contributed by atoms with Crippen LogP contribution in [0, 0.1) is 0 Å². The number of nitrogens with zero attached hydrogens (tertiary/aromatic N) is 1. The maximum Gasteiger partial charge on any atom is 0.0869 e. The van der Waals surface area contributed by atoms with E-state index in [1.165, 1.54) is 38.9 Å². The minimum atomic E-state index is 1.07. The fraction of sp³-hybridized carbons (Fsp3) is 1.00. The summed E-state index contributed by atoms with van der Waals surface area (Å²) in [5.74, 6) is 0. The third-order valence-corrected chi connectivity index (χ3v) is 1.92. The minimum Gasteiger partial charge on any atom is -0.357 e. The van der Waals surface area contributed by atoms with Gasteiger partial charge in [-0.3, -0.25) is 4.90 Å². The van der Waals surface area contributed by atoms with E-state index >= 15 is 0 Å². The zero-order chi connectivity index (χ0) is 6.53. The third kappa shape index (κ3) is 2.33. The van der Waals surface area contributed by atoms with Gasteiger partial charge in [0.05, 0.1) is 6.54 Å². The second-order valence-corrected chi connectivity index (χ2v) is 2.76. The lowest BCUT2D eigenvalue weighted by atomic mass is 10.1. The molecule has 0 aliphatic carbocycles. The fourth-order valence-corrected chi connectivity index (χ4v) is 1.41. The number of quaternary nitrogens is 1. The average Bonchev–Trinajstić information content (AvgIpc) is 1.91. The van der Waals surface area contributed by atoms with E-state index in [4.69, 9.17) is 0 Å². The maximum absolute atomic E-state index is 3.84. The van der Waals surface area contributed by atoms with Crippen LogP contribution in [0.3, 0.4) is 0 Å². The molecule has 0 amide bonds. The van der Waals surface area contributed by atoms with Crippen LogP contribution in [0.4, 0.5) is 0 Å². The molecular formula is C7H17N2+. The Bertz CT molecular complexity index is 64.6. The fourth-order valence-electron chi connectivity index (χ4n) is 1.41. The Balaban J connectivity index is 2.08. The maximum atomic E-state index is 3.84. The van der Waals surface area contributed by atoms with Gasteiger partial charge in [0.1, 0.15) is 0 Å². The van der Waals surface area contributed by atoms with Crippen molar-refractivity contribution in [2.24, 2.45) is 0 Å². The Morgan fingerprint density at radius 2 is 1.78 bits per heavy atom. The molecule has 2 heteroatoms. The lowest BCUT2D eigenvalue weighted by Crippen LogP contribution is -2.55. The number of likely N-dealkylation sites (tertiary alicyclic amines) is 1. The molecule has 0 aromatic heterocycles. The first-order valence-corrected chi connectivity index (χ1v) is 3.95. The van der Waals surface area contributed by atoms with Crippen LogP contribution in [0.5, 0.6) is 0 Å². The first-order valence-electron chi connectivity index (χ1n) is 3.95. The number of rotatable bonds is 2. The highest BCUT2D eigenvalue weighted by molar-refractivity contribution is 4.62. The van der Waals surface area contributed by atoms with Gasteiger partial charge in [-0.25, -0.2) is 0 Å². The van der Waals surface area contributed by atoms with Gasteiger partial charge in [0, 0.05) is 6.54 Å². The van der Waals surface area contributed by atoms with Crippen LogP contribution in [0.1, 0.15) is 19.3 Å². The summed E-state index contributed by atoms with van der Waals surface area (Å²) in [6.07, 6.45) is 4.24. The molecular weight excluding hydrogens is 112 g/mol. The second kappa shape index (κ2) is 3.85. The lowest BCUT2D eigenvalue weighted by molar-refractivity contribution is -0.369. The first-order chi connectivity index (χ1) is 4.43. The molecule has 0 atom stereocenters. The summed E-state index contributed by atoms with van der Waals surface area (Å²) in [6.45, 7) is 4.91. The van der Waals surface area contributed by atoms with Crippen LogP contribution < -0.4 is 5.73 Å². The molecule has 1 rings (SSSR count). The van der Waals surface area contributed by atoms with Crippen LogP contribution in [0.25, 0.3) is 0 Å². The van der Waals surface area contributed by atoms with Crippen molar-refractivity contribution in [3.05, 3.63) is 0 Å². The van der Waals surface area contributed by atoms with Crippen molar-refractivity contribution >= 4 is 0 Å². The first kappa shape index (κ1) is 7.03. The zero-order valence-electron chi connectivity index (χ0n) is 6.10. The predicted molar refractivity (Wildman–Crippen MR) is 38.0 cm³/mol. The largest absolute Gasteiger partial charge is 0.357 e. The smallest absolute Gasteiger partial charge is 0.0869 e. The highest BCUT2D eigenvalue weighted by Gasteiger charge is 2.07. The van der Waals surface area contributed by atoms with Gasteiger partial charge >= 0.3 is 0 Å².